The molecule has 0 spiro atoms. The van der Waals surface area contributed by atoms with Crippen LogP contribution in [-0.2, 0) is 59.4 Å². The number of hydrogen-bond acceptors (Lipinski definition) is 17. The second-order valence-corrected chi connectivity index (χ2v) is 38.3. The van der Waals surface area contributed by atoms with Crippen molar-refractivity contribution in [3.63, 3.8) is 0 Å². The number of carbonyl (C=O) groups is 1. The van der Waals surface area contributed by atoms with Crippen molar-refractivity contribution in [3.05, 3.63) is 84.1 Å². The monoisotopic (exact) mass is 1580 g/mol. The molecule has 620 valence electrons. The number of sulfone groups is 2. The van der Waals surface area contributed by atoms with Crippen LogP contribution < -0.4 is 5.32 Å². The van der Waals surface area contributed by atoms with Gasteiger partial charge >= 0.3 is 6.09 Å². The van der Waals surface area contributed by atoms with Crippen molar-refractivity contribution < 1.29 is 68.7 Å². The number of aliphatic hydroxyl groups is 1. The Hall–Kier alpha value is -6.47. The van der Waals surface area contributed by atoms with E-state index in [4.69, 9.17) is 43.5 Å². The summed E-state index contributed by atoms with van der Waals surface area (Å²) in [6, 6.07) is 16.9. The zero-order valence-corrected chi connectivity index (χ0v) is 73.0. The lowest BCUT2D eigenvalue weighted by Crippen LogP contribution is -2.63. The number of alkyl halides is 2. The van der Waals surface area contributed by atoms with Gasteiger partial charge in [0.2, 0.25) is 0 Å². The van der Waals surface area contributed by atoms with Crippen LogP contribution >= 0.6 is 0 Å². The van der Waals surface area contributed by atoms with E-state index in [2.05, 4.69) is 148 Å². The molecule has 1 aliphatic heterocycles. The summed E-state index contributed by atoms with van der Waals surface area (Å²) in [5.41, 5.74) is 2.56. The van der Waals surface area contributed by atoms with Gasteiger partial charge in [-0.1, -0.05) is 155 Å². The van der Waals surface area contributed by atoms with Gasteiger partial charge in [0.05, 0.1) is 106 Å². The van der Waals surface area contributed by atoms with Crippen molar-refractivity contribution in [3.8, 4) is 53.4 Å². The number of methoxy groups -OCH3 is 1. The molecule has 20 nitrogen and oxygen atoms in total. The third kappa shape index (κ3) is 41.9. The Morgan fingerprint density at radius 1 is 0.700 bits per heavy atom. The predicted molar refractivity (Wildman–Crippen MR) is 437 cm³/mol. The molecule has 5 saturated carbocycles. The smallest absolute Gasteiger partial charge is 0.407 e. The number of nitrogens with zero attached hydrogens (tertiary/aromatic N) is 6. The average molecular weight is 1580 g/mol. The molecule has 0 atom stereocenters. The van der Waals surface area contributed by atoms with Crippen molar-refractivity contribution in [2.45, 2.75) is 287 Å². The maximum absolute atomic E-state index is 12.5. The first kappa shape index (κ1) is 102. The number of fused-ring (bicyclic) bond motifs is 1. The number of nitriles is 1. The molecular formula is C86H137F2N7O13S2. The maximum Gasteiger partial charge on any atom is 0.407 e. The lowest BCUT2D eigenvalue weighted by atomic mass is 9.36. The Morgan fingerprint density at radius 2 is 1.25 bits per heavy atom. The highest BCUT2D eigenvalue weighted by Gasteiger charge is 2.68. The summed E-state index contributed by atoms with van der Waals surface area (Å²) in [5.74, 6) is 25.6. The normalized spacial score (nSPS) is 17.1. The van der Waals surface area contributed by atoms with Gasteiger partial charge in [0.15, 0.2) is 25.3 Å². The summed E-state index contributed by atoms with van der Waals surface area (Å²) in [5, 5.41) is 28.4. The van der Waals surface area contributed by atoms with Crippen molar-refractivity contribution in [2.24, 2.45) is 40.4 Å². The number of halogens is 2. The maximum atomic E-state index is 12.5. The number of amides is 1. The molecule has 3 aromatic heterocycles. The Morgan fingerprint density at radius 3 is 1.67 bits per heavy atom. The quantitative estimate of drug-likeness (QED) is 0.0517. The van der Waals surface area contributed by atoms with Crippen molar-refractivity contribution in [1.29, 1.82) is 5.26 Å². The van der Waals surface area contributed by atoms with E-state index in [-0.39, 0.29) is 35.2 Å². The predicted octanol–water partition coefficient (Wildman–Crippen LogP) is 16.5. The van der Waals surface area contributed by atoms with Crippen LogP contribution in [0.3, 0.4) is 0 Å². The van der Waals surface area contributed by atoms with E-state index >= 15 is 0 Å². The number of benzene rings is 1. The van der Waals surface area contributed by atoms with Gasteiger partial charge in [0.25, 0.3) is 6.43 Å². The van der Waals surface area contributed by atoms with Crippen LogP contribution in [-0.4, -0.2) is 169 Å². The van der Waals surface area contributed by atoms with Crippen molar-refractivity contribution in [1.82, 2.24) is 29.7 Å². The number of ether oxygens (including phenoxy) is 7. The highest BCUT2D eigenvalue weighted by Crippen LogP contribution is 2.73. The molecule has 110 heavy (non-hydrogen) atoms. The first-order valence-electron chi connectivity index (χ1n) is 38.8. The molecule has 0 unspecified atom stereocenters. The highest BCUT2D eigenvalue weighted by molar-refractivity contribution is 7.94. The number of hydrogen-bond donors (Lipinski definition) is 2. The Bertz CT molecular complexity index is 3810. The number of nitrogens with one attached hydrogen (secondary N) is 1. The highest BCUT2D eigenvalue weighted by atomic mass is 32.2. The fourth-order valence-corrected chi connectivity index (χ4v) is 11.5. The molecule has 1 amide bonds. The first-order chi connectivity index (χ1) is 51.0. The van der Waals surface area contributed by atoms with E-state index in [1.165, 1.54) is 17.4 Å². The lowest BCUT2D eigenvalue weighted by molar-refractivity contribution is -0.204. The third-order valence-electron chi connectivity index (χ3n) is 16.6. The van der Waals surface area contributed by atoms with Crippen molar-refractivity contribution in [2.75, 3.05) is 66.2 Å². The minimum atomic E-state index is -3.07. The molecule has 6 aliphatic rings. The van der Waals surface area contributed by atoms with Gasteiger partial charge in [-0.15, -0.1) is 0 Å². The SMILES string of the molecule is CC(C)C#CC(C)(C)O.CC(C)C#CC(C)(C)S(=O)(=O)C1CC1.CC(C)C#CC(C)(C)S(C)(=O)=O.CC(C)C#Cc1cnc2cccnn12.CC(C)OCC12CC(C#N)(C1)C2.CC(C)OCCCOC(=O)NC1(C(F)F)CC1.CC(C)OCc1ccccc1.CC(C)c1cnn(C2COC2)c1.COCCOCC(C)C. The van der Waals surface area contributed by atoms with Gasteiger partial charge in [-0.2, -0.15) is 15.5 Å². The lowest BCUT2D eigenvalue weighted by Gasteiger charge is -2.67. The molecule has 5 aliphatic carbocycles. The second-order valence-electron chi connectivity index (χ2n) is 32.9. The number of alkyl carbamates (subject to hydrolysis) is 1. The van der Waals surface area contributed by atoms with E-state index in [0.29, 0.717) is 86.4 Å². The van der Waals surface area contributed by atoms with Gasteiger partial charge in [0.1, 0.15) is 26.3 Å². The number of aromatic nitrogens is 5. The molecular weight excluding hydrogens is 1440 g/mol. The summed E-state index contributed by atoms with van der Waals surface area (Å²) < 4.78 is 109. The molecule has 2 bridgehead atoms. The van der Waals surface area contributed by atoms with E-state index in [0.717, 1.165) is 76.5 Å². The largest absolute Gasteiger partial charge is 0.449 e. The molecule has 1 aromatic carbocycles. The minimum absolute atomic E-state index is 0.0837. The topological polar surface area (TPSA) is 254 Å². The van der Waals surface area contributed by atoms with Crippen molar-refractivity contribution >= 4 is 31.4 Å². The van der Waals surface area contributed by atoms with Crippen LogP contribution in [0.4, 0.5) is 13.6 Å². The van der Waals surface area contributed by atoms with E-state index in [1.54, 1.807) is 65.6 Å². The van der Waals surface area contributed by atoms with Gasteiger partial charge in [-0.25, -0.2) is 39.9 Å². The molecule has 4 aromatic rings. The Kier molecular flexibility index (Phi) is 45.4. The third-order valence-corrected chi connectivity index (χ3v) is 21.4. The average Bonchev–Trinajstić information content (AvgIpc) is 1.05. The van der Waals surface area contributed by atoms with E-state index < -0.39 is 52.8 Å². The molecule has 1 saturated heterocycles. The van der Waals surface area contributed by atoms with Crippen LogP contribution in [0.5, 0.6) is 0 Å². The number of rotatable bonds is 23. The fourth-order valence-electron chi connectivity index (χ4n) is 9.50. The van der Waals surface area contributed by atoms with Crippen LogP contribution in [0.25, 0.3) is 5.65 Å². The Labute approximate surface area is 662 Å². The molecule has 0 radical (unpaired) electrons. The first-order valence-corrected chi connectivity index (χ1v) is 42.2. The van der Waals surface area contributed by atoms with Crippen LogP contribution in [0, 0.1) is 99.1 Å². The summed E-state index contributed by atoms with van der Waals surface area (Å²) in [6.45, 7) is 52.7. The van der Waals surface area contributed by atoms with Gasteiger partial charge in [-0.3, -0.25) is 4.68 Å². The van der Waals surface area contributed by atoms with E-state index in [1.807, 2.05) is 110 Å². The number of imidazole rings is 1. The second kappa shape index (κ2) is 49.2. The van der Waals surface area contributed by atoms with Gasteiger partial charge in [-0.05, 0) is 174 Å². The molecule has 6 fully saturated rings. The van der Waals surface area contributed by atoms with Crippen LogP contribution in [0.2, 0.25) is 0 Å². The Balaban J connectivity index is 0.000000623. The summed E-state index contributed by atoms with van der Waals surface area (Å²) in [6.07, 6.45) is 12.3. The zero-order valence-electron chi connectivity index (χ0n) is 71.4. The summed E-state index contributed by atoms with van der Waals surface area (Å²) in [4.78, 5) is 15.4. The summed E-state index contributed by atoms with van der Waals surface area (Å²) in [7, 11) is -4.43. The number of carbonyl (C=O) groups excluding carboxylic acids is 1. The van der Waals surface area contributed by atoms with Gasteiger partial charge in [0, 0.05) is 62.5 Å². The summed E-state index contributed by atoms with van der Waals surface area (Å²) >= 11 is 0. The zero-order chi connectivity index (χ0) is 83.9. The van der Waals surface area contributed by atoms with Crippen LogP contribution in [0.1, 0.15) is 246 Å². The van der Waals surface area contributed by atoms with Gasteiger partial charge < -0.3 is 43.6 Å². The molecule has 2 N–H and O–H groups in total. The fraction of sp³-hybridized carbons (Fsp3) is 0.709. The van der Waals surface area contributed by atoms with Crippen LogP contribution in [0.15, 0.2) is 67.3 Å². The molecule has 4 heterocycles. The molecule has 24 heteroatoms. The molecule has 10 rings (SSSR count). The standard InChI is InChI=1S/C11H19F2NO3.C11H11N3.C11H18O2S.C10H15NO.C10H14O.C9H14N2O.C9H16O2S.C8H14O.C7H16O2/c1-8(2)16-6-3-7-17-10(15)14-11(4-5-11)9(12)13;1-9(2)5-6-10-8-12-11-4-3-7-13-14(10)11;1-9(2)7-8-11(3,4)14(12,13)10-5-6-10;1-8(2)12-7-10-3-9(4-10,5-10)6-11;1-9(2)11-8-10-6-4-3-5-7-10;1-7(2)8-3-10-11(4-8)9-5-12-6-9;1-8(2)6-7-9(3,4)12(5,10)11;1-7(2)5-6-8(3,4)9;1-7(2)6-9-5-4-8-3/h8-9H,3-7H2,1-2H3,(H,14,15);3-4,7-9H,1-2H3;9-10H,5-6H2,1-4H3;8H,3-5,7H2,1-2H3;3-7,9H,8H2,1-2H3;3-4,7,9H,5-6H2,1-2H3;8H,1-5H3;7,9H,1-4H3;7H,4-6H2,1-3H3. The van der Waals surface area contributed by atoms with E-state index in [9.17, 15) is 30.4 Å². The minimum Gasteiger partial charge on any atom is -0.449 e.